The molecule has 0 unspecified atom stereocenters. The van der Waals surface area contributed by atoms with Crippen LogP contribution in [0, 0.1) is 5.41 Å². The summed E-state index contributed by atoms with van der Waals surface area (Å²) < 4.78 is 2.49. The van der Waals surface area contributed by atoms with E-state index in [-0.39, 0.29) is 16.9 Å². The fourth-order valence-corrected chi connectivity index (χ4v) is 2.23. The number of carbonyl (C=O) groups is 1. The normalized spacial score (nSPS) is 12.7. The van der Waals surface area contributed by atoms with E-state index in [9.17, 15) is 4.79 Å². The quantitative estimate of drug-likeness (QED) is 0.805. The second-order valence-corrected chi connectivity index (χ2v) is 7.41. The van der Waals surface area contributed by atoms with Crippen LogP contribution in [-0.4, -0.2) is 36.0 Å². The second-order valence-electron chi connectivity index (χ2n) is 7.41. The summed E-state index contributed by atoms with van der Waals surface area (Å²) in [6.07, 6.45) is 3.71. The Balaban J connectivity index is 2.50. The minimum atomic E-state index is -0.370. The number of hydrogen-bond acceptors (Lipinski definition) is 5. The predicted molar refractivity (Wildman–Crippen MR) is 78.1 cm³/mol. The Labute approximate surface area is 124 Å². The van der Waals surface area contributed by atoms with E-state index in [2.05, 4.69) is 41.4 Å². The molecule has 0 N–H and O–H groups in total. The van der Waals surface area contributed by atoms with E-state index in [1.165, 1.54) is 17.1 Å². The summed E-state index contributed by atoms with van der Waals surface area (Å²) in [4.78, 5) is 12.5. The SMILES string of the molecule is CC(C)(C)Cc1nnn(C(=O)n2ccnn2)c1C(C)(C)C. The van der Waals surface area contributed by atoms with Gasteiger partial charge in [0.1, 0.15) is 0 Å². The number of nitrogens with zero attached hydrogens (tertiary/aromatic N) is 6. The zero-order valence-electron chi connectivity index (χ0n) is 13.5. The number of rotatable bonds is 1. The average Bonchev–Trinajstić information content (AvgIpc) is 2.92. The maximum Gasteiger partial charge on any atom is 0.372 e. The third-order valence-corrected chi connectivity index (χ3v) is 2.95. The molecule has 21 heavy (non-hydrogen) atoms. The molecule has 0 radical (unpaired) electrons. The van der Waals surface area contributed by atoms with Crippen molar-refractivity contribution in [3.8, 4) is 0 Å². The Hall–Kier alpha value is -2.05. The molecular weight excluding hydrogens is 268 g/mol. The Bertz CT molecular complexity index is 627. The zero-order chi connectivity index (χ0) is 15.8. The first-order valence-corrected chi connectivity index (χ1v) is 6.96. The highest BCUT2D eigenvalue weighted by Gasteiger charge is 2.30. The summed E-state index contributed by atoms with van der Waals surface area (Å²) in [6, 6.07) is -0.370. The van der Waals surface area contributed by atoms with Crippen molar-refractivity contribution in [3.63, 3.8) is 0 Å². The van der Waals surface area contributed by atoms with Gasteiger partial charge in [0.25, 0.3) is 0 Å². The molecule has 2 rings (SSSR count). The fraction of sp³-hybridized carbons (Fsp3) is 0.643. The van der Waals surface area contributed by atoms with Gasteiger partial charge in [-0.05, 0) is 11.8 Å². The van der Waals surface area contributed by atoms with Gasteiger partial charge in [-0.25, -0.2) is 4.79 Å². The topological polar surface area (TPSA) is 78.5 Å². The molecule has 7 heteroatoms. The third kappa shape index (κ3) is 3.34. The van der Waals surface area contributed by atoms with Gasteiger partial charge in [-0.1, -0.05) is 52.0 Å². The lowest BCUT2D eigenvalue weighted by Gasteiger charge is -2.23. The molecule has 2 aromatic rings. The summed E-state index contributed by atoms with van der Waals surface area (Å²) in [5.41, 5.74) is 1.48. The molecule has 0 bridgehead atoms. The number of hydrogen-bond donors (Lipinski definition) is 0. The highest BCUT2D eigenvalue weighted by Crippen LogP contribution is 2.29. The van der Waals surface area contributed by atoms with Crippen LogP contribution in [0.25, 0.3) is 0 Å². The smallest absolute Gasteiger partial charge is 0.243 e. The van der Waals surface area contributed by atoms with E-state index in [0.29, 0.717) is 0 Å². The van der Waals surface area contributed by atoms with Gasteiger partial charge in [-0.2, -0.15) is 9.36 Å². The van der Waals surface area contributed by atoms with Crippen molar-refractivity contribution >= 4 is 6.03 Å². The number of aromatic nitrogens is 6. The van der Waals surface area contributed by atoms with Crippen molar-refractivity contribution < 1.29 is 4.79 Å². The lowest BCUT2D eigenvalue weighted by atomic mass is 9.84. The Kier molecular flexibility index (Phi) is 3.69. The highest BCUT2D eigenvalue weighted by atomic mass is 16.2. The van der Waals surface area contributed by atoms with Crippen LogP contribution in [0.4, 0.5) is 4.79 Å². The maximum absolute atomic E-state index is 12.5. The third-order valence-electron chi connectivity index (χ3n) is 2.95. The molecule has 0 aromatic carbocycles. The molecule has 0 aliphatic rings. The molecule has 0 saturated heterocycles. The van der Waals surface area contributed by atoms with Crippen LogP contribution in [0.2, 0.25) is 0 Å². The van der Waals surface area contributed by atoms with E-state index in [1.54, 1.807) is 0 Å². The van der Waals surface area contributed by atoms with Gasteiger partial charge in [-0.3, -0.25) is 0 Å². The molecule has 0 aliphatic heterocycles. The van der Waals surface area contributed by atoms with E-state index in [1.807, 2.05) is 20.8 Å². The molecule has 0 amide bonds. The van der Waals surface area contributed by atoms with Crippen LogP contribution in [0.3, 0.4) is 0 Å². The standard InChI is InChI=1S/C14H22N6O/c1-13(2,3)9-10-11(14(4,5)6)20(18-16-10)12(21)19-8-7-15-17-19/h7-8H,9H2,1-6H3. The first kappa shape index (κ1) is 15.3. The molecule has 0 atom stereocenters. The molecular formula is C14H22N6O. The monoisotopic (exact) mass is 290 g/mol. The van der Waals surface area contributed by atoms with Crippen molar-refractivity contribution in [2.45, 2.75) is 53.4 Å². The first-order valence-electron chi connectivity index (χ1n) is 6.96. The fourth-order valence-electron chi connectivity index (χ4n) is 2.23. The van der Waals surface area contributed by atoms with E-state index < -0.39 is 0 Å². The molecule has 0 fully saturated rings. The van der Waals surface area contributed by atoms with E-state index in [4.69, 9.17) is 0 Å². The molecule has 7 nitrogen and oxygen atoms in total. The van der Waals surface area contributed by atoms with Crippen LogP contribution in [0.15, 0.2) is 12.4 Å². The van der Waals surface area contributed by atoms with Crippen LogP contribution in [0.5, 0.6) is 0 Å². The first-order chi connectivity index (χ1) is 9.59. The molecule has 114 valence electrons. The van der Waals surface area contributed by atoms with Gasteiger partial charge in [0, 0.05) is 5.41 Å². The van der Waals surface area contributed by atoms with Crippen molar-refractivity contribution in [2.75, 3.05) is 0 Å². The predicted octanol–water partition coefficient (Wildman–Crippen LogP) is 2.27. The lowest BCUT2D eigenvalue weighted by molar-refractivity contribution is 0.235. The van der Waals surface area contributed by atoms with Crippen molar-refractivity contribution in [2.24, 2.45) is 5.41 Å². The van der Waals surface area contributed by atoms with Crippen molar-refractivity contribution in [3.05, 3.63) is 23.8 Å². The molecule has 0 aliphatic carbocycles. The van der Waals surface area contributed by atoms with Crippen LogP contribution >= 0.6 is 0 Å². The van der Waals surface area contributed by atoms with Gasteiger partial charge in [-0.15, -0.1) is 10.2 Å². The van der Waals surface area contributed by atoms with Crippen LogP contribution in [0.1, 0.15) is 52.9 Å². The summed E-state index contributed by atoms with van der Waals surface area (Å²) in [5, 5.41) is 15.7. The summed E-state index contributed by atoms with van der Waals surface area (Å²) in [7, 11) is 0. The highest BCUT2D eigenvalue weighted by molar-refractivity contribution is 5.78. The van der Waals surface area contributed by atoms with Crippen molar-refractivity contribution in [1.29, 1.82) is 0 Å². The average molecular weight is 290 g/mol. The van der Waals surface area contributed by atoms with Crippen molar-refractivity contribution in [1.82, 2.24) is 30.0 Å². The van der Waals surface area contributed by atoms with Gasteiger partial charge in [0.15, 0.2) is 0 Å². The van der Waals surface area contributed by atoms with Gasteiger partial charge in [0.05, 0.1) is 23.8 Å². The second kappa shape index (κ2) is 5.05. The van der Waals surface area contributed by atoms with Gasteiger partial charge < -0.3 is 0 Å². The number of carbonyl (C=O) groups excluding carboxylic acids is 1. The summed E-state index contributed by atoms with van der Waals surface area (Å²) in [6.45, 7) is 12.5. The summed E-state index contributed by atoms with van der Waals surface area (Å²) in [5.74, 6) is 0. The van der Waals surface area contributed by atoms with Gasteiger partial charge >= 0.3 is 6.03 Å². The molecule has 0 saturated carbocycles. The molecule has 2 aromatic heterocycles. The Morgan fingerprint density at radius 1 is 1.14 bits per heavy atom. The molecule has 2 heterocycles. The summed E-state index contributed by atoms with van der Waals surface area (Å²) >= 11 is 0. The molecule has 0 spiro atoms. The lowest BCUT2D eigenvalue weighted by Crippen LogP contribution is -2.29. The minimum absolute atomic E-state index is 0.0666. The van der Waals surface area contributed by atoms with Crippen LogP contribution in [-0.2, 0) is 11.8 Å². The maximum atomic E-state index is 12.5. The minimum Gasteiger partial charge on any atom is -0.243 e. The Morgan fingerprint density at radius 3 is 2.29 bits per heavy atom. The van der Waals surface area contributed by atoms with E-state index >= 15 is 0 Å². The van der Waals surface area contributed by atoms with Gasteiger partial charge in [0.2, 0.25) is 0 Å². The zero-order valence-corrected chi connectivity index (χ0v) is 13.5. The largest absolute Gasteiger partial charge is 0.372 e. The Morgan fingerprint density at radius 2 is 1.81 bits per heavy atom. The van der Waals surface area contributed by atoms with E-state index in [0.717, 1.165) is 22.5 Å². The van der Waals surface area contributed by atoms with Crippen LogP contribution < -0.4 is 0 Å².